The van der Waals surface area contributed by atoms with Crippen molar-refractivity contribution in [3.8, 4) is 0 Å². The van der Waals surface area contributed by atoms with Gasteiger partial charge in [-0.2, -0.15) is 0 Å². The maximum Gasteiger partial charge on any atom is 0.276 e. The average molecular weight is 249 g/mol. The molecule has 0 bridgehead atoms. The van der Waals surface area contributed by atoms with Gasteiger partial charge in [-0.1, -0.05) is 5.16 Å². The first-order valence-electron chi connectivity index (χ1n) is 6.62. The lowest BCUT2D eigenvalue weighted by atomic mass is 9.78. The summed E-state index contributed by atoms with van der Waals surface area (Å²) in [5, 5.41) is 7.20. The van der Waals surface area contributed by atoms with E-state index in [2.05, 4.69) is 10.5 Å². The molecule has 2 aliphatic rings. The van der Waals surface area contributed by atoms with Crippen LogP contribution in [0.15, 0.2) is 10.6 Å². The van der Waals surface area contributed by atoms with Gasteiger partial charge in [0.1, 0.15) is 5.76 Å². The topological polar surface area (TPSA) is 58.4 Å². The predicted molar refractivity (Wildman–Crippen MR) is 66.3 cm³/mol. The third kappa shape index (κ3) is 2.03. The largest absolute Gasteiger partial charge is 0.361 e. The van der Waals surface area contributed by atoms with E-state index in [0.29, 0.717) is 16.9 Å². The van der Waals surface area contributed by atoms with Crippen LogP contribution in [-0.4, -0.2) is 42.1 Å². The Hall–Kier alpha value is -1.36. The van der Waals surface area contributed by atoms with Crippen LogP contribution in [0.4, 0.5) is 0 Å². The van der Waals surface area contributed by atoms with E-state index >= 15 is 0 Å². The van der Waals surface area contributed by atoms with E-state index in [4.69, 9.17) is 4.52 Å². The summed E-state index contributed by atoms with van der Waals surface area (Å²) in [4.78, 5) is 14.2. The Kier molecular flexibility index (Phi) is 2.86. The van der Waals surface area contributed by atoms with E-state index in [9.17, 15) is 4.79 Å². The molecule has 0 atom stereocenters. The molecule has 1 aromatic heterocycles. The lowest BCUT2D eigenvalue weighted by molar-refractivity contribution is 0.0751. The highest BCUT2D eigenvalue weighted by Crippen LogP contribution is 2.38. The highest BCUT2D eigenvalue weighted by atomic mass is 16.5. The highest BCUT2D eigenvalue weighted by Gasteiger charge is 2.41. The van der Waals surface area contributed by atoms with Crippen molar-refractivity contribution in [2.24, 2.45) is 5.41 Å². The Morgan fingerprint density at radius 3 is 2.89 bits per heavy atom. The van der Waals surface area contributed by atoms with Crippen molar-refractivity contribution in [3.63, 3.8) is 0 Å². The second-order valence-corrected chi connectivity index (χ2v) is 5.55. The molecule has 0 saturated carbocycles. The number of hydrogen-bond donors (Lipinski definition) is 1. The third-order valence-electron chi connectivity index (χ3n) is 4.24. The summed E-state index contributed by atoms with van der Waals surface area (Å²) in [6, 6.07) is 1.72. The molecule has 5 nitrogen and oxygen atoms in total. The molecule has 3 rings (SSSR count). The van der Waals surface area contributed by atoms with Crippen LogP contribution in [0.5, 0.6) is 0 Å². The molecule has 1 N–H and O–H groups in total. The zero-order valence-electron chi connectivity index (χ0n) is 10.7. The molecule has 1 aromatic rings. The van der Waals surface area contributed by atoms with Gasteiger partial charge in [0.05, 0.1) is 0 Å². The zero-order valence-corrected chi connectivity index (χ0v) is 10.7. The fraction of sp³-hybridized carbons (Fsp3) is 0.692. The molecule has 98 valence electrons. The Morgan fingerprint density at radius 2 is 2.22 bits per heavy atom. The summed E-state index contributed by atoms with van der Waals surface area (Å²) in [6.45, 7) is 5.68. The molecule has 5 heteroatoms. The van der Waals surface area contributed by atoms with Crippen LogP contribution in [0.3, 0.4) is 0 Å². The van der Waals surface area contributed by atoms with Crippen molar-refractivity contribution < 1.29 is 9.32 Å². The quantitative estimate of drug-likeness (QED) is 0.812. The van der Waals surface area contributed by atoms with E-state index < -0.39 is 0 Å². The van der Waals surface area contributed by atoms with Crippen LogP contribution in [0.2, 0.25) is 0 Å². The second kappa shape index (κ2) is 4.39. The molecule has 18 heavy (non-hydrogen) atoms. The number of hydrogen-bond acceptors (Lipinski definition) is 4. The molecule has 3 heterocycles. The second-order valence-electron chi connectivity index (χ2n) is 5.55. The van der Waals surface area contributed by atoms with Gasteiger partial charge < -0.3 is 14.7 Å². The monoisotopic (exact) mass is 249 g/mol. The molecule has 0 unspecified atom stereocenters. The number of carbonyl (C=O) groups excluding carboxylic acids is 1. The minimum Gasteiger partial charge on any atom is -0.361 e. The molecule has 2 fully saturated rings. The van der Waals surface area contributed by atoms with Gasteiger partial charge in [-0.25, -0.2) is 0 Å². The van der Waals surface area contributed by atoms with Gasteiger partial charge in [0.25, 0.3) is 5.91 Å². The zero-order chi connectivity index (χ0) is 12.6. The summed E-state index contributed by atoms with van der Waals surface area (Å²) in [7, 11) is 0. The van der Waals surface area contributed by atoms with Crippen molar-refractivity contribution >= 4 is 5.91 Å². The van der Waals surface area contributed by atoms with E-state index in [1.807, 2.05) is 11.8 Å². The van der Waals surface area contributed by atoms with Crippen LogP contribution < -0.4 is 5.32 Å². The maximum atomic E-state index is 12.3. The van der Waals surface area contributed by atoms with Crippen molar-refractivity contribution in [2.75, 3.05) is 26.2 Å². The van der Waals surface area contributed by atoms with Gasteiger partial charge in [-0.15, -0.1) is 0 Å². The minimum atomic E-state index is 0.0160. The van der Waals surface area contributed by atoms with E-state index in [1.54, 1.807) is 6.07 Å². The van der Waals surface area contributed by atoms with Gasteiger partial charge in [-0.05, 0) is 44.7 Å². The molecular formula is C13H19N3O2. The normalized spacial score (nSPS) is 22.6. The average Bonchev–Trinajstić information content (AvgIpc) is 2.97. The molecule has 1 amide bonds. The number of nitrogens with one attached hydrogen (secondary N) is 1. The smallest absolute Gasteiger partial charge is 0.276 e. The predicted octanol–water partition coefficient (Wildman–Crippen LogP) is 1.20. The summed E-state index contributed by atoms with van der Waals surface area (Å²) in [5.41, 5.74) is 0.790. The molecular weight excluding hydrogens is 230 g/mol. The minimum absolute atomic E-state index is 0.0160. The number of aromatic nitrogens is 1. The Labute approximate surface area is 107 Å². The van der Waals surface area contributed by atoms with Crippen LogP contribution in [0.1, 0.15) is 35.5 Å². The number of carbonyl (C=O) groups is 1. The molecule has 0 radical (unpaired) electrons. The summed E-state index contributed by atoms with van der Waals surface area (Å²) >= 11 is 0. The van der Waals surface area contributed by atoms with E-state index in [-0.39, 0.29) is 5.91 Å². The molecule has 0 aromatic carbocycles. The Balaban J connectivity index is 1.70. The van der Waals surface area contributed by atoms with Crippen molar-refractivity contribution in [1.29, 1.82) is 0 Å². The lowest BCUT2D eigenvalue weighted by Gasteiger charge is -2.33. The Morgan fingerprint density at radius 1 is 1.44 bits per heavy atom. The van der Waals surface area contributed by atoms with Gasteiger partial charge in [0, 0.05) is 19.2 Å². The number of amides is 1. The first-order valence-corrected chi connectivity index (χ1v) is 6.62. The summed E-state index contributed by atoms with van der Waals surface area (Å²) in [6.07, 6.45) is 3.47. The molecule has 0 aliphatic carbocycles. The van der Waals surface area contributed by atoms with E-state index in [0.717, 1.165) is 32.6 Å². The standard InChI is InChI=1S/C13H19N3O2/c1-10-8-11(15-18-10)12(17)16-7-4-13(9-16)2-5-14-6-3-13/h8,14H,2-7,9H2,1H3. The number of rotatable bonds is 1. The van der Waals surface area contributed by atoms with Crippen LogP contribution >= 0.6 is 0 Å². The molecule has 1 spiro atoms. The van der Waals surface area contributed by atoms with Crippen LogP contribution in [-0.2, 0) is 0 Å². The van der Waals surface area contributed by atoms with Crippen LogP contribution in [0.25, 0.3) is 0 Å². The van der Waals surface area contributed by atoms with Gasteiger partial charge in [-0.3, -0.25) is 4.79 Å². The first-order chi connectivity index (χ1) is 8.69. The van der Waals surface area contributed by atoms with Crippen LogP contribution in [0, 0.1) is 12.3 Å². The molecule has 2 aliphatic heterocycles. The van der Waals surface area contributed by atoms with Gasteiger partial charge >= 0.3 is 0 Å². The summed E-state index contributed by atoms with van der Waals surface area (Å²) in [5.74, 6) is 0.705. The Bertz CT molecular complexity index is 449. The number of aryl methyl sites for hydroxylation is 1. The maximum absolute atomic E-state index is 12.3. The summed E-state index contributed by atoms with van der Waals surface area (Å²) < 4.78 is 4.97. The number of piperidine rings is 1. The van der Waals surface area contributed by atoms with E-state index in [1.165, 1.54) is 12.8 Å². The van der Waals surface area contributed by atoms with Crippen molar-refractivity contribution in [2.45, 2.75) is 26.2 Å². The first kappa shape index (κ1) is 11.7. The number of nitrogens with zero attached hydrogens (tertiary/aromatic N) is 2. The SMILES string of the molecule is Cc1cc(C(=O)N2CCC3(CCNCC3)C2)no1. The van der Waals surface area contributed by atoms with Crippen molar-refractivity contribution in [1.82, 2.24) is 15.4 Å². The van der Waals surface area contributed by atoms with Gasteiger partial charge in [0.2, 0.25) is 0 Å². The van der Waals surface area contributed by atoms with Crippen molar-refractivity contribution in [3.05, 3.63) is 17.5 Å². The fourth-order valence-electron chi connectivity index (χ4n) is 3.10. The van der Waals surface area contributed by atoms with Gasteiger partial charge in [0.15, 0.2) is 5.69 Å². The number of likely N-dealkylation sites (tertiary alicyclic amines) is 1. The highest BCUT2D eigenvalue weighted by molar-refractivity contribution is 5.92. The third-order valence-corrected chi connectivity index (χ3v) is 4.24. The fourth-order valence-corrected chi connectivity index (χ4v) is 3.10. The lowest BCUT2D eigenvalue weighted by Crippen LogP contribution is -2.39. The molecule has 2 saturated heterocycles.